The largest absolute Gasteiger partial charge is 0.360 e. The summed E-state index contributed by atoms with van der Waals surface area (Å²) in [6, 6.07) is 5.92. The van der Waals surface area contributed by atoms with Crippen molar-refractivity contribution in [3.8, 4) is 0 Å². The molecule has 0 spiro atoms. The Morgan fingerprint density at radius 3 is 2.43 bits per heavy atom. The molecule has 1 aromatic carbocycles. The molecule has 9 heteroatoms. The molecule has 0 aliphatic carbocycles. The molecular weight excluding hydrogens is 278 g/mol. The Balaban J connectivity index is 2.19. The van der Waals surface area contributed by atoms with Crippen LogP contribution in [-0.4, -0.2) is 19.3 Å². The summed E-state index contributed by atoms with van der Waals surface area (Å²) in [4.78, 5) is 33.4. The third-order valence-electron chi connectivity index (χ3n) is 2.93. The third kappa shape index (κ3) is 2.96. The first-order chi connectivity index (χ1) is 9.90. The van der Waals surface area contributed by atoms with Gasteiger partial charge in [-0.3, -0.25) is 19.5 Å². The van der Waals surface area contributed by atoms with Gasteiger partial charge in [0.15, 0.2) is 0 Å². The molecule has 0 fully saturated rings. The number of hydrogen-bond acceptors (Lipinski definition) is 6. The minimum atomic E-state index is -0.528. The lowest BCUT2D eigenvalue weighted by Crippen LogP contribution is -2.39. The van der Waals surface area contributed by atoms with Gasteiger partial charge in [0.1, 0.15) is 0 Å². The molecule has 0 radical (unpaired) electrons. The van der Waals surface area contributed by atoms with Crippen molar-refractivity contribution in [2.75, 3.05) is 5.32 Å². The minimum absolute atomic E-state index is 0.00473. The first-order valence-electron chi connectivity index (χ1n) is 6.01. The van der Waals surface area contributed by atoms with Crippen molar-refractivity contribution in [2.24, 2.45) is 14.1 Å². The zero-order valence-electron chi connectivity index (χ0n) is 11.4. The number of anilines is 1. The number of nitro benzene ring substituents is 1. The Hall–Kier alpha value is -2.97. The molecule has 110 valence electrons. The highest BCUT2D eigenvalue weighted by Crippen LogP contribution is 2.12. The number of non-ortho nitro benzene ring substituents is 1. The minimum Gasteiger partial charge on any atom is -0.360 e. The smallest absolute Gasteiger partial charge is 0.346 e. The second-order valence-corrected chi connectivity index (χ2v) is 4.40. The van der Waals surface area contributed by atoms with Gasteiger partial charge in [0.25, 0.3) is 11.2 Å². The predicted molar refractivity (Wildman–Crippen MR) is 75.1 cm³/mol. The summed E-state index contributed by atoms with van der Waals surface area (Å²) in [7, 11) is 2.81. The molecule has 0 saturated carbocycles. The molecule has 0 aliphatic heterocycles. The molecule has 0 saturated heterocycles. The first-order valence-corrected chi connectivity index (χ1v) is 6.01. The van der Waals surface area contributed by atoms with Crippen molar-refractivity contribution in [3.05, 3.63) is 60.8 Å². The van der Waals surface area contributed by atoms with Crippen molar-refractivity contribution in [3.63, 3.8) is 0 Å². The highest BCUT2D eigenvalue weighted by molar-refractivity contribution is 5.36. The van der Waals surface area contributed by atoms with E-state index in [1.54, 1.807) is 12.1 Å². The van der Waals surface area contributed by atoms with E-state index < -0.39 is 16.2 Å². The lowest BCUT2D eigenvalue weighted by Gasteiger charge is -2.07. The molecule has 0 bridgehead atoms. The second-order valence-electron chi connectivity index (χ2n) is 4.40. The molecule has 1 heterocycles. The van der Waals surface area contributed by atoms with E-state index in [0.717, 1.165) is 14.8 Å². The average Bonchev–Trinajstić information content (AvgIpc) is 2.48. The topological polar surface area (TPSA) is 112 Å². The molecule has 1 aromatic heterocycles. The number of aromatic nitrogens is 3. The van der Waals surface area contributed by atoms with Gasteiger partial charge in [-0.15, -0.1) is 5.10 Å². The van der Waals surface area contributed by atoms with Crippen molar-refractivity contribution >= 4 is 11.5 Å². The van der Waals surface area contributed by atoms with Crippen LogP contribution in [0.1, 0.15) is 5.56 Å². The monoisotopic (exact) mass is 291 g/mol. The normalized spacial score (nSPS) is 10.4. The summed E-state index contributed by atoms with van der Waals surface area (Å²) >= 11 is 0. The fourth-order valence-corrected chi connectivity index (χ4v) is 1.73. The molecule has 9 nitrogen and oxygen atoms in total. The first kappa shape index (κ1) is 14.4. The van der Waals surface area contributed by atoms with Crippen molar-refractivity contribution in [2.45, 2.75) is 6.54 Å². The molecule has 0 unspecified atom stereocenters. The number of nitrogens with one attached hydrogen (secondary N) is 1. The van der Waals surface area contributed by atoms with Gasteiger partial charge >= 0.3 is 5.69 Å². The summed E-state index contributed by atoms with van der Waals surface area (Å²) in [6.07, 6.45) is 0. The highest BCUT2D eigenvalue weighted by atomic mass is 16.6. The van der Waals surface area contributed by atoms with E-state index in [0.29, 0.717) is 0 Å². The molecule has 2 rings (SSSR count). The van der Waals surface area contributed by atoms with Crippen LogP contribution in [0, 0.1) is 10.1 Å². The van der Waals surface area contributed by atoms with Crippen molar-refractivity contribution in [1.29, 1.82) is 0 Å². The second kappa shape index (κ2) is 5.57. The lowest BCUT2D eigenvalue weighted by molar-refractivity contribution is -0.384. The molecular formula is C12H13N5O4. The average molecular weight is 291 g/mol. The van der Waals surface area contributed by atoms with Crippen molar-refractivity contribution < 1.29 is 4.92 Å². The maximum atomic E-state index is 11.8. The van der Waals surface area contributed by atoms with E-state index in [1.165, 1.54) is 26.2 Å². The summed E-state index contributed by atoms with van der Waals surface area (Å²) < 4.78 is 2.00. The Morgan fingerprint density at radius 2 is 1.86 bits per heavy atom. The molecule has 0 atom stereocenters. The summed E-state index contributed by atoms with van der Waals surface area (Å²) in [5.74, 6) is 0.0398. The van der Waals surface area contributed by atoms with Crippen LogP contribution in [0.4, 0.5) is 11.5 Å². The fraction of sp³-hybridized carbons (Fsp3) is 0.250. The van der Waals surface area contributed by atoms with Crippen LogP contribution in [0.15, 0.2) is 33.9 Å². The Morgan fingerprint density at radius 1 is 1.24 bits per heavy atom. The number of aryl methyl sites for hydroxylation is 1. The van der Waals surface area contributed by atoms with Crippen LogP contribution >= 0.6 is 0 Å². The fourth-order valence-electron chi connectivity index (χ4n) is 1.73. The zero-order chi connectivity index (χ0) is 15.6. The highest BCUT2D eigenvalue weighted by Gasteiger charge is 2.09. The van der Waals surface area contributed by atoms with E-state index in [1.807, 2.05) is 0 Å². The quantitative estimate of drug-likeness (QED) is 0.626. The van der Waals surface area contributed by atoms with Crippen LogP contribution in [-0.2, 0) is 20.6 Å². The maximum absolute atomic E-state index is 11.8. The lowest BCUT2D eigenvalue weighted by atomic mass is 10.2. The zero-order valence-corrected chi connectivity index (χ0v) is 11.4. The number of benzene rings is 1. The molecule has 2 aromatic rings. The standard InChI is InChI=1S/C12H13N5O4/c1-15-11(18)10(14-16(2)12(15)19)13-7-8-3-5-9(6-4-8)17(20)21/h3-6H,7H2,1-2H3,(H,13,14). The van der Waals surface area contributed by atoms with Gasteiger partial charge in [0.2, 0.25) is 5.82 Å². The Kier molecular flexibility index (Phi) is 3.83. The number of nitrogens with zero attached hydrogens (tertiary/aromatic N) is 4. The summed E-state index contributed by atoms with van der Waals surface area (Å²) in [5, 5.41) is 17.2. The third-order valence-corrected chi connectivity index (χ3v) is 2.93. The van der Waals surface area contributed by atoms with E-state index in [4.69, 9.17) is 0 Å². The van der Waals surface area contributed by atoms with Crippen LogP contribution < -0.4 is 16.6 Å². The van der Waals surface area contributed by atoms with Gasteiger partial charge in [0.05, 0.1) is 4.92 Å². The van der Waals surface area contributed by atoms with Crippen molar-refractivity contribution in [1.82, 2.24) is 14.3 Å². The van der Waals surface area contributed by atoms with Gasteiger partial charge in [-0.05, 0) is 5.56 Å². The van der Waals surface area contributed by atoms with Crippen LogP contribution in [0.25, 0.3) is 0 Å². The van der Waals surface area contributed by atoms with E-state index in [9.17, 15) is 19.7 Å². The van der Waals surface area contributed by atoms with E-state index >= 15 is 0 Å². The van der Waals surface area contributed by atoms with Gasteiger partial charge in [-0.25, -0.2) is 9.48 Å². The van der Waals surface area contributed by atoms with E-state index in [-0.39, 0.29) is 18.1 Å². The van der Waals surface area contributed by atoms with Gasteiger partial charge < -0.3 is 5.32 Å². The predicted octanol–water partition coefficient (Wildman–Crippen LogP) is -0.000700. The van der Waals surface area contributed by atoms with Gasteiger partial charge in [0, 0.05) is 32.8 Å². The van der Waals surface area contributed by atoms with E-state index in [2.05, 4.69) is 10.4 Å². The van der Waals surface area contributed by atoms with Gasteiger partial charge in [-0.2, -0.15) is 0 Å². The molecule has 21 heavy (non-hydrogen) atoms. The SMILES string of the molecule is Cn1nc(NCc2ccc([N+](=O)[O-])cc2)c(=O)n(C)c1=O. The maximum Gasteiger partial charge on any atom is 0.346 e. The van der Waals surface area contributed by atoms with Crippen LogP contribution in [0.3, 0.4) is 0 Å². The van der Waals surface area contributed by atoms with Crippen LogP contribution in [0.2, 0.25) is 0 Å². The molecule has 0 amide bonds. The number of nitro groups is 1. The number of rotatable bonds is 4. The molecule has 0 aliphatic rings. The summed E-state index contributed by atoms with van der Waals surface area (Å²) in [5.41, 5.74) is -0.297. The number of hydrogen-bond donors (Lipinski definition) is 1. The Bertz CT molecular complexity index is 791. The van der Waals surface area contributed by atoms with Gasteiger partial charge in [-0.1, -0.05) is 12.1 Å². The molecule has 1 N–H and O–H groups in total. The summed E-state index contributed by atoms with van der Waals surface area (Å²) in [6.45, 7) is 0.262. The van der Waals surface area contributed by atoms with Crippen LogP contribution in [0.5, 0.6) is 0 Å². The Labute approximate surface area is 118 Å².